The van der Waals surface area contributed by atoms with Crippen LogP contribution in [0.4, 0.5) is 10.5 Å². The number of rotatable bonds is 5. The molecule has 10 heteroatoms. The van der Waals surface area contributed by atoms with Gasteiger partial charge >= 0.3 is 6.09 Å². The number of hydrogen-bond donors (Lipinski definition) is 0. The third-order valence-corrected chi connectivity index (χ3v) is 7.96. The summed E-state index contributed by atoms with van der Waals surface area (Å²) in [6.07, 6.45) is 2.75. The Balaban J connectivity index is 1.37. The minimum atomic E-state index is -0.550. The molecule has 41 heavy (non-hydrogen) atoms. The number of para-hydroxylation sites is 3. The van der Waals surface area contributed by atoms with Crippen molar-refractivity contribution in [3.63, 3.8) is 0 Å². The van der Waals surface area contributed by atoms with Gasteiger partial charge in [-0.15, -0.1) is 0 Å². The first-order chi connectivity index (χ1) is 19.7. The van der Waals surface area contributed by atoms with E-state index in [1.54, 1.807) is 18.2 Å². The van der Waals surface area contributed by atoms with Gasteiger partial charge in [-0.3, -0.25) is 4.79 Å². The number of benzene rings is 2. The van der Waals surface area contributed by atoms with Crippen LogP contribution in [0.5, 0.6) is 5.75 Å². The highest BCUT2D eigenvalue weighted by Crippen LogP contribution is 2.35. The number of carbonyl (C=O) groups excluding carboxylic acids is 2. The number of piperidine rings is 1. The molecule has 5 rings (SSSR count). The van der Waals surface area contributed by atoms with Gasteiger partial charge in [0.15, 0.2) is 0 Å². The van der Waals surface area contributed by atoms with E-state index >= 15 is 0 Å². The molecule has 9 nitrogen and oxygen atoms in total. The number of aromatic nitrogens is 2. The molecule has 3 aromatic rings. The fourth-order valence-electron chi connectivity index (χ4n) is 5.60. The number of likely N-dealkylation sites (tertiary alicyclic amines) is 1. The Hall–Kier alpha value is -3.72. The normalized spacial score (nSPS) is 16.6. The van der Waals surface area contributed by atoms with Crippen molar-refractivity contribution in [2.24, 2.45) is 0 Å². The van der Waals surface area contributed by atoms with Gasteiger partial charge in [0.1, 0.15) is 11.4 Å². The summed E-state index contributed by atoms with van der Waals surface area (Å²) in [7, 11) is 1.68. The number of methoxy groups -OCH3 is 1. The summed E-state index contributed by atoms with van der Waals surface area (Å²) in [5.41, 5.74) is 2.65. The minimum absolute atomic E-state index is 0.0290. The zero-order valence-electron chi connectivity index (χ0n) is 24.2. The van der Waals surface area contributed by atoms with Crippen molar-refractivity contribution < 1.29 is 19.1 Å². The van der Waals surface area contributed by atoms with Crippen LogP contribution in [0.25, 0.3) is 5.69 Å². The van der Waals surface area contributed by atoms with E-state index in [9.17, 15) is 9.59 Å². The first-order valence-corrected chi connectivity index (χ1v) is 14.5. The van der Waals surface area contributed by atoms with Crippen LogP contribution >= 0.6 is 11.6 Å². The Labute approximate surface area is 246 Å². The molecule has 2 saturated heterocycles. The Bertz CT molecular complexity index is 1390. The monoisotopic (exact) mass is 579 g/mol. The quantitative estimate of drug-likeness (QED) is 0.391. The van der Waals surface area contributed by atoms with E-state index in [4.69, 9.17) is 21.1 Å². The lowest BCUT2D eigenvalue weighted by Gasteiger charge is -2.37. The van der Waals surface area contributed by atoms with Gasteiger partial charge < -0.3 is 24.2 Å². The smallest absolute Gasteiger partial charge is 0.410 e. The zero-order chi connectivity index (χ0) is 29.1. The van der Waals surface area contributed by atoms with E-state index < -0.39 is 5.60 Å². The molecule has 2 aliphatic rings. The number of hydrogen-bond acceptors (Lipinski definition) is 6. The molecule has 2 fully saturated rings. The van der Waals surface area contributed by atoms with Gasteiger partial charge in [-0.2, -0.15) is 5.10 Å². The van der Waals surface area contributed by atoms with Crippen molar-refractivity contribution in [1.82, 2.24) is 19.6 Å². The van der Waals surface area contributed by atoms with E-state index in [0.717, 1.165) is 22.8 Å². The van der Waals surface area contributed by atoms with E-state index in [2.05, 4.69) is 10.00 Å². The van der Waals surface area contributed by atoms with Gasteiger partial charge in [-0.25, -0.2) is 9.48 Å². The molecule has 2 aromatic carbocycles. The molecule has 0 atom stereocenters. The van der Waals surface area contributed by atoms with E-state index in [0.29, 0.717) is 62.7 Å². The van der Waals surface area contributed by atoms with E-state index in [1.165, 1.54) is 0 Å². The Kier molecular flexibility index (Phi) is 8.45. The second-order valence-corrected chi connectivity index (χ2v) is 11.9. The van der Waals surface area contributed by atoms with Gasteiger partial charge in [-0.05, 0) is 57.9 Å². The number of piperazine rings is 1. The third kappa shape index (κ3) is 6.30. The van der Waals surface area contributed by atoms with Crippen LogP contribution in [-0.4, -0.2) is 83.6 Å². The number of halogens is 1. The maximum absolute atomic E-state index is 14.0. The summed E-state index contributed by atoms with van der Waals surface area (Å²) in [4.78, 5) is 32.6. The average molecular weight is 580 g/mol. The predicted octanol–water partition coefficient (Wildman–Crippen LogP) is 5.61. The first kappa shape index (κ1) is 28.8. The lowest BCUT2D eigenvalue weighted by molar-refractivity contribution is 0.0203. The molecule has 0 aliphatic carbocycles. The molecule has 0 unspecified atom stereocenters. The molecular formula is C31H38ClN5O4. The molecule has 0 N–H and O–H groups in total. The minimum Gasteiger partial charge on any atom is -0.495 e. The Morgan fingerprint density at radius 1 is 0.878 bits per heavy atom. The van der Waals surface area contributed by atoms with Crippen LogP contribution in [0.2, 0.25) is 5.02 Å². The van der Waals surface area contributed by atoms with Crippen molar-refractivity contribution in [3.05, 3.63) is 71.0 Å². The lowest BCUT2D eigenvalue weighted by Crippen LogP contribution is -2.49. The molecule has 218 valence electrons. The number of ether oxygens (including phenoxy) is 2. The summed E-state index contributed by atoms with van der Waals surface area (Å²) >= 11 is 6.59. The van der Waals surface area contributed by atoms with Crippen molar-refractivity contribution in [2.45, 2.75) is 45.1 Å². The van der Waals surface area contributed by atoms with Crippen molar-refractivity contribution >= 4 is 29.3 Å². The van der Waals surface area contributed by atoms with Crippen molar-refractivity contribution in [1.29, 1.82) is 0 Å². The zero-order valence-corrected chi connectivity index (χ0v) is 24.9. The molecular weight excluding hydrogens is 542 g/mol. The molecule has 1 aromatic heterocycles. The highest BCUT2D eigenvalue weighted by atomic mass is 35.5. The molecule has 0 radical (unpaired) electrons. The maximum atomic E-state index is 14.0. The van der Waals surface area contributed by atoms with Crippen LogP contribution in [0, 0.1) is 0 Å². The lowest BCUT2D eigenvalue weighted by atomic mass is 9.90. The van der Waals surface area contributed by atoms with Gasteiger partial charge in [-0.1, -0.05) is 35.9 Å². The number of carbonyl (C=O) groups is 2. The number of nitrogens with zero attached hydrogens (tertiary/aromatic N) is 5. The second-order valence-electron chi connectivity index (χ2n) is 11.5. The Morgan fingerprint density at radius 3 is 2.15 bits per heavy atom. The van der Waals surface area contributed by atoms with Crippen molar-refractivity contribution in [2.75, 3.05) is 51.3 Å². The molecule has 0 bridgehead atoms. The number of anilines is 1. The second kappa shape index (κ2) is 12.0. The third-order valence-electron chi connectivity index (χ3n) is 7.64. The summed E-state index contributed by atoms with van der Waals surface area (Å²) in [6, 6.07) is 15.5. The fourth-order valence-corrected chi connectivity index (χ4v) is 5.82. The topological polar surface area (TPSA) is 80.1 Å². The average Bonchev–Trinajstić information content (AvgIpc) is 3.41. The molecule has 0 saturated carbocycles. The van der Waals surface area contributed by atoms with E-state index in [-0.39, 0.29) is 17.9 Å². The summed E-state index contributed by atoms with van der Waals surface area (Å²) in [5, 5.41) is 5.24. The molecule has 2 amide bonds. The van der Waals surface area contributed by atoms with Crippen LogP contribution < -0.4 is 9.64 Å². The summed E-state index contributed by atoms with van der Waals surface area (Å²) in [6.45, 7) is 9.27. The van der Waals surface area contributed by atoms with Gasteiger partial charge in [0.2, 0.25) is 0 Å². The SMILES string of the molecule is COc1ccccc1N1CCN(C(=O)c2cnn(-c3ccccc3Cl)c2C2CCN(C(=O)OC(C)(C)C)CC2)CC1. The molecule has 2 aliphatic heterocycles. The highest BCUT2D eigenvalue weighted by molar-refractivity contribution is 6.32. The van der Waals surface area contributed by atoms with Crippen LogP contribution in [0.3, 0.4) is 0 Å². The number of amides is 2. The van der Waals surface area contributed by atoms with Crippen molar-refractivity contribution in [3.8, 4) is 11.4 Å². The van der Waals surface area contributed by atoms with Crippen LogP contribution in [0.15, 0.2) is 54.7 Å². The van der Waals surface area contributed by atoms with Crippen LogP contribution in [0.1, 0.15) is 55.6 Å². The fraction of sp³-hybridized carbons (Fsp3) is 0.452. The Morgan fingerprint density at radius 2 is 1.51 bits per heavy atom. The predicted molar refractivity (Wildman–Crippen MR) is 159 cm³/mol. The molecule has 3 heterocycles. The summed E-state index contributed by atoms with van der Waals surface area (Å²) in [5.74, 6) is 0.821. The van der Waals surface area contributed by atoms with E-state index in [1.807, 2.05) is 78.9 Å². The molecule has 0 spiro atoms. The first-order valence-electron chi connectivity index (χ1n) is 14.1. The van der Waals surface area contributed by atoms with Gasteiger partial charge in [0.05, 0.1) is 41.0 Å². The highest BCUT2D eigenvalue weighted by Gasteiger charge is 2.34. The largest absolute Gasteiger partial charge is 0.495 e. The maximum Gasteiger partial charge on any atom is 0.410 e. The van der Waals surface area contributed by atoms with Gasteiger partial charge in [0.25, 0.3) is 5.91 Å². The van der Waals surface area contributed by atoms with Crippen LogP contribution in [-0.2, 0) is 4.74 Å². The standard InChI is InChI=1S/C31H38ClN5O4/c1-31(2,3)41-30(39)36-15-13-22(14-16-36)28-23(21-33-37(28)25-10-6-5-9-24(25)32)29(38)35-19-17-34(18-20-35)26-11-7-8-12-27(26)40-4/h5-12,21-22H,13-20H2,1-4H3. The van der Waals surface area contributed by atoms with Gasteiger partial charge in [0, 0.05) is 45.2 Å². The summed E-state index contributed by atoms with van der Waals surface area (Å²) < 4.78 is 13.0.